The van der Waals surface area contributed by atoms with E-state index in [9.17, 15) is 4.79 Å². The topological polar surface area (TPSA) is 65.4 Å². The normalized spacial score (nSPS) is 10.4. The van der Waals surface area contributed by atoms with Crippen LogP contribution >= 0.6 is 0 Å². The molecule has 1 aromatic rings. The highest BCUT2D eigenvalue weighted by atomic mass is 16.5. The molecule has 0 aliphatic rings. The van der Waals surface area contributed by atoms with E-state index in [-0.39, 0.29) is 5.57 Å². The monoisotopic (exact) mass is 245 g/mol. The molecule has 18 heavy (non-hydrogen) atoms. The first-order valence-corrected chi connectivity index (χ1v) is 5.31. The lowest BCUT2D eigenvalue weighted by molar-refractivity contribution is -0.112. The molecule has 0 aromatic heterocycles. The van der Waals surface area contributed by atoms with E-state index >= 15 is 0 Å². The van der Waals surface area contributed by atoms with Gasteiger partial charge in [0.1, 0.15) is 17.4 Å². The Hall–Kier alpha value is -2.48. The number of rotatable bonds is 4. The minimum atomic E-state index is -0.462. The van der Waals surface area contributed by atoms with Crippen molar-refractivity contribution in [1.29, 1.82) is 5.26 Å². The molecule has 5 nitrogen and oxygen atoms in total. The number of nitriles is 1. The van der Waals surface area contributed by atoms with Gasteiger partial charge >= 0.3 is 0 Å². The molecule has 0 fully saturated rings. The number of carbonyl (C=O) groups excluding carboxylic acids is 1. The molecule has 1 aromatic carbocycles. The quantitative estimate of drug-likeness (QED) is 0.646. The van der Waals surface area contributed by atoms with E-state index in [1.807, 2.05) is 6.07 Å². The molecule has 0 bridgehead atoms. The third-order valence-electron chi connectivity index (χ3n) is 2.11. The van der Waals surface area contributed by atoms with Gasteiger partial charge in [-0.2, -0.15) is 5.26 Å². The number of anilines is 1. The van der Waals surface area contributed by atoms with Crippen molar-refractivity contribution in [2.75, 3.05) is 26.5 Å². The smallest absolute Gasteiger partial charge is 0.267 e. The van der Waals surface area contributed by atoms with Crippen LogP contribution in [0.5, 0.6) is 5.75 Å². The maximum absolute atomic E-state index is 11.9. The van der Waals surface area contributed by atoms with Crippen molar-refractivity contribution < 1.29 is 9.53 Å². The Morgan fingerprint density at radius 1 is 1.44 bits per heavy atom. The second kappa shape index (κ2) is 6.30. The number of carbonyl (C=O) groups is 1. The number of amides is 1. The standard InChI is InChI=1S/C13H15N3O2/c1-16(2)9-10(8-14)13(17)15-11-6-4-5-7-12(11)18-3/h4-7,9H,1-3H3,(H,15,17). The third-order valence-corrected chi connectivity index (χ3v) is 2.11. The number of para-hydroxylation sites is 2. The zero-order valence-corrected chi connectivity index (χ0v) is 10.6. The summed E-state index contributed by atoms with van der Waals surface area (Å²) in [5.74, 6) is 0.0868. The molecule has 0 radical (unpaired) electrons. The molecule has 0 atom stereocenters. The summed E-state index contributed by atoms with van der Waals surface area (Å²) in [6.07, 6.45) is 1.46. The van der Waals surface area contributed by atoms with Crippen LogP contribution in [0.4, 0.5) is 5.69 Å². The van der Waals surface area contributed by atoms with Crippen LogP contribution in [0.3, 0.4) is 0 Å². The van der Waals surface area contributed by atoms with Crippen molar-refractivity contribution in [3.63, 3.8) is 0 Å². The fraction of sp³-hybridized carbons (Fsp3) is 0.231. The molecule has 94 valence electrons. The Morgan fingerprint density at radius 3 is 2.67 bits per heavy atom. The number of nitrogens with one attached hydrogen (secondary N) is 1. The largest absolute Gasteiger partial charge is 0.495 e. The molecule has 0 aliphatic heterocycles. The van der Waals surface area contributed by atoms with Crippen LogP contribution in [-0.2, 0) is 4.79 Å². The lowest BCUT2D eigenvalue weighted by atomic mass is 10.2. The zero-order valence-electron chi connectivity index (χ0n) is 10.6. The number of benzene rings is 1. The highest BCUT2D eigenvalue weighted by Gasteiger charge is 2.11. The summed E-state index contributed by atoms with van der Waals surface area (Å²) < 4.78 is 5.11. The summed E-state index contributed by atoms with van der Waals surface area (Å²) in [5.41, 5.74) is 0.566. The van der Waals surface area contributed by atoms with Gasteiger partial charge in [-0.15, -0.1) is 0 Å². The zero-order chi connectivity index (χ0) is 13.5. The van der Waals surface area contributed by atoms with Crippen molar-refractivity contribution in [3.05, 3.63) is 36.0 Å². The van der Waals surface area contributed by atoms with E-state index in [2.05, 4.69) is 5.32 Å². The molecule has 0 aliphatic carbocycles. The predicted molar refractivity (Wildman–Crippen MR) is 69.0 cm³/mol. The van der Waals surface area contributed by atoms with Gasteiger partial charge in [-0.1, -0.05) is 12.1 Å². The Kier molecular flexibility index (Phi) is 4.76. The molecule has 1 N–H and O–H groups in total. The molecular weight excluding hydrogens is 230 g/mol. The van der Waals surface area contributed by atoms with Gasteiger partial charge in [-0.3, -0.25) is 4.79 Å². The molecule has 1 amide bonds. The van der Waals surface area contributed by atoms with Crippen molar-refractivity contribution in [2.24, 2.45) is 0 Å². The highest BCUT2D eigenvalue weighted by Crippen LogP contribution is 2.23. The van der Waals surface area contributed by atoms with E-state index in [1.54, 1.807) is 43.3 Å². The molecule has 0 unspecified atom stereocenters. The first-order valence-electron chi connectivity index (χ1n) is 5.31. The summed E-state index contributed by atoms with van der Waals surface area (Å²) >= 11 is 0. The summed E-state index contributed by atoms with van der Waals surface area (Å²) in [7, 11) is 5.01. The van der Waals surface area contributed by atoms with Gasteiger partial charge in [0.05, 0.1) is 12.8 Å². The van der Waals surface area contributed by atoms with Crippen molar-refractivity contribution in [2.45, 2.75) is 0 Å². The van der Waals surface area contributed by atoms with E-state index < -0.39 is 5.91 Å². The lowest BCUT2D eigenvalue weighted by Gasteiger charge is -2.10. The maximum Gasteiger partial charge on any atom is 0.267 e. The van der Waals surface area contributed by atoms with Gasteiger partial charge < -0.3 is 15.0 Å². The van der Waals surface area contributed by atoms with Gasteiger partial charge in [0.15, 0.2) is 0 Å². The van der Waals surface area contributed by atoms with Gasteiger partial charge in [0.2, 0.25) is 0 Å². The van der Waals surface area contributed by atoms with Gasteiger partial charge in [0.25, 0.3) is 5.91 Å². The minimum absolute atomic E-state index is 0.0332. The summed E-state index contributed by atoms with van der Waals surface area (Å²) in [6.45, 7) is 0. The van der Waals surface area contributed by atoms with E-state index in [4.69, 9.17) is 10.00 Å². The van der Waals surface area contributed by atoms with Crippen LogP contribution in [0.25, 0.3) is 0 Å². The van der Waals surface area contributed by atoms with Crippen LogP contribution in [0.2, 0.25) is 0 Å². The molecule has 1 rings (SSSR count). The van der Waals surface area contributed by atoms with Crippen molar-refractivity contribution in [1.82, 2.24) is 4.90 Å². The molecule has 5 heteroatoms. The first kappa shape index (κ1) is 13.6. The number of ether oxygens (including phenoxy) is 1. The van der Waals surface area contributed by atoms with E-state index in [0.717, 1.165) is 0 Å². The molecule has 0 spiro atoms. The summed E-state index contributed by atoms with van der Waals surface area (Å²) in [5, 5.41) is 11.5. The Bertz CT molecular complexity index is 501. The SMILES string of the molecule is COc1ccccc1NC(=O)C(C#N)=CN(C)C. The van der Waals surface area contributed by atoms with Crippen LogP contribution < -0.4 is 10.1 Å². The van der Waals surface area contributed by atoms with Crippen molar-refractivity contribution in [3.8, 4) is 11.8 Å². The summed E-state index contributed by atoms with van der Waals surface area (Å²) in [6, 6.07) is 8.88. The fourth-order valence-electron chi connectivity index (χ4n) is 1.33. The van der Waals surface area contributed by atoms with E-state index in [0.29, 0.717) is 11.4 Å². The molecule has 0 heterocycles. The Labute approximate surface area is 106 Å². The van der Waals surface area contributed by atoms with Gasteiger partial charge in [0, 0.05) is 20.3 Å². The predicted octanol–water partition coefficient (Wildman–Crippen LogP) is 1.60. The first-order chi connectivity index (χ1) is 8.58. The second-order valence-corrected chi connectivity index (χ2v) is 3.77. The highest BCUT2D eigenvalue weighted by molar-refractivity contribution is 6.07. The number of hydrogen-bond donors (Lipinski definition) is 1. The summed E-state index contributed by atoms with van der Waals surface area (Å²) in [4.78, 5) is 13.5. The number of methoxy groups -OCH3 is 1. The number of hydrogen-bond acceptors (Lipinski definition) is 4. The van der Waals surface area contributed by atoms with Gasteiger partial charge in [-0.05, 0) is 12.1 Å². The van der Waals surface area contributed by atoms with Gasteiger partial charge in [-0.25, -0.2) is 0 Å². The minimum Gasteiger partial charge on any atom is -0.495 e. The molecule has 0 saturated carbocycles. The fourth-order valence-corrected chi connectivity index (χ4v) is 1.33. The Morgan fingerprint density at radius 2 is 2.11 bits per heavy atom. The van der Waals surface area contributed by atoms with Crippen molar-refractivity contribution >= 4 is 11.6 Å². The average molecular weight is 245 g/mol. The second-order valence-electron chi connectivity index (χ2n) is 3.77. The van der Waals surface area contributed by atoms with E-state index in [1.165, 1.54) is 13.3 Å². The van der Waals surface area contributed by atoms with Crippen LogP contribution in [0.15, 0.2) is 36.0 Å². The number of nitrogens with zero attached hydrogens (tertiary/aromatic N) is 2. The van der Waals surface area contributed by atoms with Crippen LogP contribution in [-0.4, -0.2) is 32.0 Å². The molecule has 0 saturated heterocycles. The molecular formula is C13H15N3O2. The van der Waals surface area contributed by atoms with Crippen LogP contribution in [0.1, 0.15) is 0 Å². The average Bonchev–Trinajstić information content (AvgIpc) is 2.36. The Balaban J connectivity index is 2.91. The van der Waals surface area contributed by atoms with Crippen LogP contribution in [0, 0.1) is 11.3 Å². The maximum atomic E-state index is 11.9. The lowest BCUT2D eigenvalue weighted by Crippen LogP contribution is -2.16. The third kappa shape index (κ3) is 3.52.